The molecule has 2 heterocycles. The van der Waals surface area contributed by atoms with Crippen LogP contribution in [-0.4, -0.2) is 14.4 Å². The predicted octanol–water partition coefficient (Wildman–Crippen LogP) is 1.98. The number of nitrogens with two attached hydrogens (primary N) is 1. The number of halogens is 4. The van der Waals surface area contributed by atoms with Crippen LogP contribution < -0.4 is 5.73 Å². The second-order valence-electron chi connectivity index (χ2n) is 2.80. The number of rotatable bonds is 0. The second-order valence-corrected chi connectivity index (χ2v) is 3.18. The Labute approximate surface area is 86.5 Å². The van der Waals surface area contributed by atoms with E-state index in [1.165, 1.54) is 6.07 Å². The molecule has 0 spiro atoms. The van der Waals surface area contributed by atoms with E-state index in [1.54, 1.807) is 0 Å². The van der Waals surface area contributed by atoms with Crippen LogP contribution in [0.2, 0.25) is 5.15 Å². The van der Waals surface area contributed by atoms with Crippen LogP contribution in [0.25, 0.3) is 5.78 Å². The Kier molecular flexibility index (Phi) is 2.00. The summed E-state index contributed by atoms with van der Waals surface area (Å²) in [6.45, 7) is 0. The van der Waals surface area contributed by atoms with E-state index in [-0.39, 0.29) is 16.7 Å². The molecule has 0 radical (unpaired) electrons. The molecule has 0 saturated carbocycles. The van der Waals surface area contributed by atoms with Gasteiger partial charge < -0.3 is 5.73 Å². The summed E-state index contributed by atoms with van der Waals surface area (Å²) in [5.41, 5.74) is 4.39. The Morgan fingerprint density at radius 2 is 2.00 bits per heavy atom. The first-order valence-corrected chi connectivity index (χ1v) is 4.14. The number of aromatic nitrogens is 3. The number of alkyl halides is 3. The molecule has 0 aliphatic rings. The zero-order chi connectivity index (χ0) is 11.2. The maximum Gasteiger partial charge on any atom is 0.434 e. The van der Waals surface area contributed by atoms with E-state index in [0.29, 0.717) is 0 Å². The van der Waals surface area contributed by atoms with Crippen molar-refractivity contribution in [1.82, 2.24) is 14.4 Å². The molecule has 4 nitrogen and oxygen atoms in total. The molecule has 0 aromatic carbocycles. The Morgan fingerprint density at radius 3 is 2.60 bits per heavy atom. The predicted molar refractivity (Wildman–Crippen MR) is 47.4 cm³/mol. The molecule has 0 unspecified atom stereocenters. The molecule has 2 aromatic rings. The smallest absolute Gasteiger partial charge is 0.385 e. The van der Waals surface area contributed by atoms with E-state index in [2.05, 4.69) is 9.97 Å². The third kappa shape index (κ3) is 1.70. The number of hydrogen-bond acceptors (Lipinski definition) is 3. The SMILES string of the molecule is Nc1cc(Cl)nc2nc(C(F)(F)F)cn12. The van der Waals surface area contributed by atoms with Gasteiger partial charge in [0.05, 0.1) is 0 Å². The number of hydrogen-bond donors (Lipinski definition) is 1. The molecule has 0 bridgehead atoms. The lowest BCUT2D eigenvalue weighted by Crippen LogP contribution is -2.04. The molecule has 80 valence electrons. The van der Waals surface area contributed by atoms with Gasteiger partial charge in [0.25, 0.3) is 0 Å². The average molecular weight is 237 g/mol. The maximum absolute atomic E-state index is 12.3. The fourth-order valence-electron chi connectivity index (χ4n) is 1.10. The number of nitrogens with zero attached hydrogens (tertiary/aromatic N) is 3. The number of anilines is 1. The number of fused-ring (bicyclic) bond motifs is 1. The van der Waals surface area contributed by atoms with Gasteiger partial charge in [-0.3, -0.25) is 4.40 Å². The van der Waals surface area contributed by atoms with Crippen molar-refractivity contribution in [2.45, 2.75) is 6.18 Å². The van der Waals surface area contributed by atoms with Gasteiger partial charge in [-0.05, 0) is 0 Å². The van der Waals surface area contributed by atoms with Crippen molar-refractivity contribution in [1.29, 1.82) is 0 Å². The highest BCUT2D eigenvalue weighted by Crippen LogP contribution is 2.29. The van der Waals surface area contributed by atoms with Crippen molar-refractivity contribution in [3.05, 3.63) is 23.1 Å². The van der Waals surface area contributed by atoms with Gasteiger partial charge >= 0.3 is 6.18 Å². The minimum Gasteiger partial charge on any atom is -0.385 e. The Hall–Kier alpha value is -1.50. The fourth-order valence-corrected chi connectivity index (χ4v) is 1.28. The summed E-state index contributed by atoms with van der Waals surface area (Å²) >= 11 is 5.52. The minimum absolute atomic E-state index is 0.000625. The highest BCUT2D eigenvalue weighted by molar-refractivity contribution is 6.29. The van der Waals surface area contributed by atoms with E-state index in [0.717, 1.165) is 10.6 Å². The van der Waals surface area contributed by atoms with Gasteiger partial charge in [-0.25, -0.2) is 9.97 Å². The average Bonchev–Trinajstić information content (AvgIpc) is 2.46. The third-order valence-electron chi connectivity index (χ3n) is 1.73. The van der Waals surface area contributed by atoms with Crippen LogP contribution in [0.15, 0.2) is 12.3 Å². The lowest BCUT2D eigenvalue weighted by atomic mass is 10.5. The Balaban J connectivity index is 2.71. The monoisotopic (exact) mass is 236 g/mol. The largest absolute Gasteiger partial charge is 0.434 e. The number of imidazole rings is 1. The summed E-state index contributed by atoms with van der Waals surface area (Å²) in [5.74, 6) is -0.125. The highest BCUT2D eigenvalue weighted by Gasteiger charge is 2.34. The summed E-state index contributed by atoms with van der Waals surface area (Å²) in [5, 5.41) is -0.000625. The summed E-state index contributed by atoms with van der Waals surface area (Å²) in [6.07, 6.45) is -3.75. The van der Waals surface area contributed by atoms with E-state index < -0.39 is 11.9 Å². The van der Waals surface area contributed by atoms with Crippen LogP contribution in [0.4, 0.5) is 19.0 Å². The van der Waals surface area contributed by atoms with Crippen molar-refractivity contribution >= 4 is 23.2 Å². The molecule has 8 heteroatoms. The summed E-state index contributed by atoms with van der Waals surface area (Å²) < 4.78 is 37.9. The van der Waals surface area contributed by atoms with E-state index in [1.807, 2.05) is 0 Å². The van der Waals surface area contributed by atoms with Gasteiger partial charge in [0.2, 0.25) is 5.78 Å². The minimum atomic E-state index is -4.52. The lowest BCUT2D eigenvalue weighted by Gasteiger charge is -1.99. The molecule has 0 amide bonds. The van der Waals surface area contributed by atoms with E-state index in [9.17, 15) is 13.2 Å². The van der Waals surface area contributed by atoms with Gasteiger partial charge in [0, 0.05) is 12.3 Å². The molecule has 2 rings (SSSR count). The van der Waals surface area contributed by atoms with Crippen LogP contribution in [0.1, 0.15) is 5.69 Å². The van der Waals surface area contributed by atoms with Crippen LogP contribution in [-0.2, 0) is 6.18 Å². The van der Waals surface area contributed by atoms with Crippen molar-refractivity contribution in [3.8, 4) is 0 Å². The molecule has 0 atom stereocenters. The first kappa shape index (κ1) is 10.0. The quantitative estimate of drug-likeness (QED) is 0.712. The molecular formula is C7H4ClF3N4. The van der Waals surface area contributed by atoms with Gasteiger partial charge in [-0.1, -0.05) is 11.6 Å². The van der Waals surface area contributed by atoms with Crippen molar-refractivity contribution < 1.29 is 13.2 Å². The Bertz CT molecular complexity index is 519. The molecule has 2 N–H and O–H groups in total. The normalized spacial score (nSPS) is 12.3. The van der Waals surface area contributed by atoms with E-state index >= 15 is 0 Å². The van der Waals surface area contributed by atoms with Crippen molar-refractivity contribution in [2.75, 3.05) is 5.73 Å². The third-order valence-corrected chi connectivity index (χ3v) is 1.92. The summed E-state index contributed by atoms with van der Waals surface area (Å²) in [4.78, 5) is 6.88. The van der Waals surface area contributed by atoms with Gasteiger partial charge in [0.15, 0.2) is 5.69 Å². The first-order chi connectivity index (χ1) is 6.88. The zero-order valence-electron chi connectivity index (χ0n) is 7.09. The van der Waals surface area contributed by atoms with Crippen molar-refractivity contribution in [2.24, 2.45) is 0 Å². The number of nitrogen functional groups attached to an aromatic ring is 1. The van der Waals surface area contributed by atoms with Gasteiger partial charge in [-0.15, -0.1) is 0 Å². The Morgan fingerprint density at radius 1 is 1.33 bits per heavy atom. The van der Waals surface area contributed by atoms with Gasteiger partial charge in [-0.2, -0.15) is 13.2 Å². The molecular weight excluding hydrogens is 233 g/mol. The highest BCUT2D eigenvalue weighted by atomic mass is 35.5. The van der Waals surface area contributed by atoms with Crippen LogP contribution in [0.3, 0.4) is 0 Å². The topological polar surface area (TPSA) is 56.2 Å². The zero-order valence-corrected chi connectivity index (χ0v) is 7.84. The van der Waals surface area contributed by atoms with Crippen molar-refractivity contribution in [3.63, 3.8) is 0 Å². The molecule has 0 fully saturated rings. The van der Waals surface area contributed by atoms with Crippen LogP contribution >= 0.6 is 11.6 Å². The summed E-state index contributed by atoms with van der Waals surface area (Å²) in [7, 11) is 0. The standard InChI is InChI=1S/C7H4ClF3N4/c8-4-1-5(12)15-2-3(7(9,10)11)13-6(15)14-4/h1-2H,12H2. The molecule has 0 aliphatic heterocycles. The lowest BCUT2D eigenvalue weighted by molar-refractivity contribution is -0.140. The van der Waals surface area contributed by atoms with Crippen LogP contribution in [0.5, 0.6) is 0 Å². The second kappa shape index (κ2) is 2.99. The molecule has 0 aliphatic carbocycles. The van der Waals surface area contributed by atoms with Gasteiger partial charge in [0.1, 0.15) is 11.0 Å². The maximum atomic E-state index is 12.3. The summed E-state index contributed by atoms with van der Waals surface area (Å²) in [6, 6.07) is 1.25. The first-order valence-electron chi connectivity index (χ1n) is 3.76. The fraction of sp³-hybridized carbons (Fsp3) is 0.143. The van der Waals surface area contributed by atoms with E-state index in [4.69, 9.17) is 17.3 Å². The molecule has 0 saturated heterocycles. The van der Waals surface area contributed by atoms with Crippen LogP contribution in [0, 0.1) is 0 Å². The molecule has 2 aromatic heterocycles. The molecule has 15 heavy (non-hydrogen) atoms.